The molecule has 0 aliphatic carbocycles. The quantitative estimate of drug-likeness (QED) is 0.381. The number of aryl methyl sites for hydroxylation is 1. The van der Waals surface area contributed by atoms with Gasteiger partial charge in [0.15, 0.2) is 0 Å². The third-order valence-electron chi connectivity index (χ3n) is 5.85. The Bertz CT molecular complexity index is 1480. The lowest BCUT2D eigenvalue weighted by molar-refractivity contribution is -0.120. The minimum absolute atomic E-state index is 0.156. The second-order valence-corrected chi connectivity index (χ2v) is 10.0. The largest absolute Gasteiger partial charge is 0.323 e. The lowest BCUT2D eigenvalue weighted by Crippen LogP contribution is -2.46. The molecule has 0 radical (unpaired) electrons. The van der Waals surface area contributed by atoms with E-state index >= 15 is 0 Å². The molecule has 0 saturated carbocycles. The van der Waals surface area contributed by atoms with Crippen LogP contribution >= 0.6 is 22.9 Å². The topological polar surface area (TPSA) is 117 Å². The van der Waals surface area contributed by atoms with Crippen LogP contribution in [0.15, 0.2) is 66.9 Å². The van der Waals surface area contributed by atoms with Gasteiger partial charge in [0, 0.05) is 35.4 Å². The van der Waals surface area contributed by atoms with Gasteiger partial charge in [0.25, 0.3) is 11.8 Å². The number of benzene rings is 2. The number of amides is 3. The maximum atomic E-state index is 13.7. The molecule has 1 aliphatic heterocycles. The van der Waals surface area contributed by atoms with E-state index in [4.69, 9.17) is 11.6 Å². The number of anilines is 2. The summed E-state index contributed by atoms with van der Waals surface area (Å²) in [5.74, 6) is -0.950. The maximum absolute atomic E-state index is 13.7. The smallest absolute Gasteiger partial charge is 0.257 e. The Morgan fingerprint density at radius 3 is 2.62 bits per heavy atom. The molecule has 11 heteroatoms. The fourth-order valence-electron chi connectivity index (χ4n) is 4.04. The Labute approximate surface area is 221 Å². The highest BCUT2D eigenvalue weighted by Crippen LogP contribution is 2.28. The number of carbonyl (C=O) groups excluding carboxylic acids is 3. The number of rotatable bonds is 6. The molecule has 3 heterocycles. The van der Waals surface area contributed by atoms with E-state index in [1.54, 1.807) is 61.7 Å². The minimum atomic E-state index is -0.808. The number of fused-ring (bicyclic) bond motifs is 1. The summed E-state index contributed by atoms with van der Waals surface area (Å²) < 4.78 is 0. The molecule has 0 bridgehead atoms. The molecule has 2 aromatic carbocycles. The standard InChI is InChI=1S/C26H21ClN6O3S/c1-15-31-32-26(37-15)30-23(34)17-7-5-16(6-8-17)14-33-22(13-19-4-2-3-11-28-19)24(35)29-21-12-18(27)9-10-20(21)25(33)36/h2-12,22H,13-14H2,1H3,(H,29,35)(H,30,32,34)/t22-/m1/s1. The van der Waals surface area contributed by atoms with E-state index in [2.05, 4.69) is 25.8 Å². The fraction of sp³-hybridized carbons (Fsp3) is 0.154. The van der Waals surface area contributed by atoms with E-state index in [1.165, 1.54) is 16.2 Å². The van der Waals surface area contributed by atoms with Crippen molar-refractivity contribution >= 4 is 51.5 Å². The number of hydrogen-bond acceptors (Lipinski definition) is 7. The zero-order valence-electron chi connectivity index (χ0n) is 19.6. The van der Waals surface area contributed by atoms with Gasteiger partial charge < -0.3 is 10.2 Å². The van der Waals surface area contributed by atoms with Crippen LogP contribution in [0.5, 0.6) is 0 Å². The molecule has 2 aromatic heterocycles. The number of halogens is 1. The molecule has 0 saturated heterocycles. The second-order valence-electron chi connectivity index (χ2n) is 8.43. The van der Waals surface area contributed by atoms with Crippen LogP contribution in [0.4, 0.5) is 10.8 Å². The summed E-state index contributed by atoms with van der Waals surface area (Å²) in [5, 5.41) is 15.0. The average Bonchev–Trinajstić information content (AvgIpc) is 3.27. The summed E-state index contributed by atoms with van der Waals surface area (Å²) in [6.45, 7) is 1.96. The summed E-state index contributed by atoms with van der Waals surface area (Å²) >= 11 is 7.41. The van der Waals surface area contributed by atoms with Crippen molar-refractivity contribution in [3.63, 3.8) is 0 Å². The van der Waals surface area contributed by atoms with Gasteiger partial charge in [0.1, 0.15) is 11.0 Å². The zero-order valence-corrected chi connectivity index (χ0v) is 21.2. The number of hydrogen-bond donors (Lipinski definition) is 2. The average molecular weight is 533 g/mol. The SMILES string of the molecule is Cc1nnc(NC(=O)c2ccc(CN3C(=O)c4ccc(Cl)cc4NC(=O)[C@H]3Cc3ccccn3)cc2)s1. The van der Waals surface area contributed by atoms with Crippen LogP contribution in [0.2, 0.25) is 5.02 Å². The molecule has 0 unspecified atom stereocenters. The lowest BCUT2D eigenvalue weighted by Gasteiger charge is -2.28. The lowest BCUT2D eigenvalue weighted by atomic mass is 10.0. The van der Waals surface area contributed by atoms with E-state index in [0.717, 1.165) is 10.6 Å². The van der Waals surface area contributed by atoms with Gasteiger partial charge in [-0.3, -0.25) is 24.7 Å². The van der Waals surface area contributed by atoms with Gasteiger partial charge in [-0.2, -0.15) is 0 Å². The van der Waals surface area contributed by atoms with Gasteiger partial charge in [-0.05, 0) is 55.0 Å². The summed E-state index contributed by atoms with van der Waals surface area (Å²) in [5.41, 5.74) is 2.59. The van der Waals surface area contributed by atoms with Gasteiger partial charge >= 0.3 is 0 Å². The van der Waals surface area contributed by atoms with Gasteiger partial charge in [0.2, 0.25) is 11.0 Å². The molecule has 186 valence electrons. The molecule has 1 aliphatic rings. The van der Waals surface area contributed by atoms with E-state index in [0.29, 0.717) is 32.7 Å². The first-order valence-electron chi connectivity index (χ1n) is 11.4. The van der Waals surface area contributed by atoms with Crippen molar-refractivity contribution in [2.24, 2.45) is 0 Å². The van der Waals surface area contributed by atoms with Crippen LogP contribution in [-0.2, 0) is 17.8 Å². The van der Waals surface area contributed by atoms with Crippen LogP contribution in [0.25, 0.3) is 0 Å². The number of carbonyl (C=O) groups is 3. The van der Waals surface area contributed by atoms with Crippen molar-refractivity contribution in [2.75, 3.05) is 10.6 Å². The van der Waals surface area contributed by atoms with E-state index in [1.807, 2.05) is 12.1 Å². The number of pyridine rings is 1. The van der Waals surface area contributed by atoms with Gasteiger partial charge in [-0.1, -0.05) is 41.1 Å². The molecule has 3 amide bonds. The molecule has 5 rings (SSSR count). The van der Waals surface area contributed by atoms with E-state index in [9.17, 15) is 14.4 Å². The summed E-state index contributed by atoms with van der Waals surface area (Å²) in [6, 6.07) is 16.3. The van der Waals surface area contributed by atoms with Crippen molar-refractivity contribution in [1.82, 2.24) is 20.1 Å². The highest BCUT2D eigenvalue weighted by atomic mass is 35.5. The highest BCUT2D eigenvalue weighted by molar-refractivity contribution is 7.15. The molecular weight excluding hydrogens is 512 g/mol. The van der Waals surface area contributed by atoms with Crippen molar-refractivity contribution < 1.29 is 14.4 Å². The van der Waals surface area contributed by atoms with E-state index in [-0.39, 0.29) is 30.7 Å². The highest BCUT2D eigenvalue weighted by Gasteiger charge is 2.36. The van der Waals surface area contributed by atoms with Crippen LogP contribution in [0, 0.1) is 6.92 Å². The monoisotopic (exact) mass is 532 g/mol. The Balaban J connectivity index is 1.42. The Kier molecular flexibility index (Phi) is 6.93. The molecule has 0 fully saturated rings. The Morgan fingerprint density at radius 2 is 1.92 bits per heavy atom. The fourth-order valence-corrected chi connectivity index (χ4v) is 4.80. The first-order valence-corrected chi connectivity index (χ1v) is 12.6. The predicted octanol–water partition coefficient (Wildman–Crippen LogP) is 4.35. The van der Waals surface area contributed by atoms with Crippen molar-refractivity contribution in [3.8, 4) is 0 Å². The normalized spacial score (nSPS) is 15.1. The van der Waals surface area contributed by atoms with Gasteiger partial charge in [-0.25, -0.2) is 0 Å². The summed E-state index contributed by atoms with van der Waals surface area (Å²) in [6.07, 6.45) is 1.89. The molecule has 4 aromatic rings. The predicted molar refractivity (Wildman–Crippen MR) is 141 cm³/mol. The van der Waals surface area contributed by atoms with Gasteiger partial charge in [-0.15, -0.1) is 10.2 Å². The Hall–Kier alpha value is -4.15. The van der Waals surface area contributed by atoms with Crippen LogP contribution in [0.3, 0.4) is 0 Å². The number of aromatic nitrogens is 3. The first-order chi connectivity index (χ1) is 17.9. The minimum Gasteiger partial charge on any atom is -0.323 e. The van der Waals surface area contributed by atoms with Crippen LogP contribution in [-0.4, -0.2) is 43.8 Å². The number of nitrogens with zero attached hydrogens (tertiary/aromatic N) is 4. The second kappa shape index (κ2) is 10.5. The number of nitrogens with one attached hydrogen (secondary N) is 2. The third kappa shape index (κ3) is 5.50. The molecule has 9 nitrogen and oxygen atoms in total. The van der Waals surface area contributed by atoms with Gasteiger partial charge in [0.05, 0.1) is 11.3 Å². The Morgan fingerprint density at radius 1 is 1.11 bits per heavy atom. The molecule has 0 spiro atoms. The summed E-state index contributed by atoms with van der Waals surface area (Å²) in [4.78, 5) is 45.4. The maximum Gasteiger partial charge on any atom is 0.257 e. The first kappa shape index (κ1) is 24.5. The zero-order chi connectivity index (χ0) is 25.9. The van der Waals surface area contributed by atoms with Crippen molar-refractivity contribution in [1.29, 1.82) is 0 Å². The molecule has 37 heavy (non-hydrogen) atoms. The van der Waals surface area contributed by atoms with Crippen molar-refractivity contribution in [3.05, 3.63) is 99.3 Å². The van der Waals surface area contributed by atoms with Crippen molar-refractivity contribution in [2.45, 2.75) is 25.9 Å². The van der Waals surface area contributed by atoms with Crippen LogP contribution < -0.4 is 10.6 Å². The summed E-state index contributed by atoms with van der Waals surface area (Å²) in [7, 11) is 0. The van der Waals surface area contributed by atoms with E-state index < -0.39 is 6.04 Å². The third-order valence-corrected chi connectivity index (χ3v) is 6.84. The molecule has 1 atom stereocenters. The molecule has 2 N–H and O–H groups in total. The molecular formula is C26H21ClN6O3S. The van der Waals surface area contributed by atoms with Crippen LogP contribution in [0.1, 0.15) is 37.0 Å².